The molecule has 1 rings (SSSR count). The molecule has 0 saturated carbocycles. The van der Waals surface area contributed by atoms with Gasteiger partial charge in [0.05, 0.1) is 4.48 Å². The van der Waals surface area contributed by atoms with Crippen LogP contribution in [0.25, 0.3) is 0 Å². The van der Waals surface area contributed by atoms with Crippen LogP contribution in [-0.2, 0) is 14.3 Å². The molecule has 0 aromatic heterocycles. The van der Waals surface area contributed by atoms with Crippen molar-refractivity contribution in [3.8, 4) is 0 Å². The highest BCUT2D eigenvalue weighted by Gasteiger charge is 2.43. The molecule has 0 N–H and O–H groups in total. The lowest BCUT2D eigenvalue weighted by molar-refractivity contribution is -0.206. The summed E-state index contributed by atoms with van der Waals surface area (Å²) in [6.45, 7) is 1.93. The molecule has 0 aliphatic heterocycles. The Hall–Kier alpha value is -0.190. The minimum absolute atomic E-state index is 0.0226. The molecule has 13 heavy (non-hydrogen) atoms. The fourth-order valence-electron chi connectivity index (χ4n) is 1.65. The minimum Gasteiger partial charge on any atom is -0.349 e. The van der Waals surface area contributed by atoms with Crippen molar-refractivity contribution in [3.63, 3.8) is 0 Å². The van der Waals surface area contributed by atoms with Crippen LogP contribution < -0.4 is 0 Å². The molecule has 0 aromatic rings. The Bertz CT molecular complexity index is 243. The second-order valence-electron chi connectivity index (χ2n) is 3.14. The Morgan fingerprint density at radius 3 is 2.46 bits per heavy atom. The van der Waals surface area contributed by atoms with E-state index in [-0.39, 0.29) is 11.7 Å². The highest BCUT2D eigenvalue weighted by atomic mass is 79.9. The van der Waals surface area contributed by atoms with Gasteiger partial charge in [0, 0.05) is 26.6 Å². The first-order chi connectivity index (χ1) is 6.06. The maximum atomic E-state index is 11.2. The predicted molar refractivity (Wildman–Crippen MR) is 52.5 cm³/mol. The Balaban J connectivity index is 3.06. The van der Waals surface area contributed by atoms with Crippen LogP contribution in [0.3, 0.4) is 0 Å². The van der Waals surface area contributed by atoms with Crippen molar-refractivity contribution in [2.75, 3.05) is 14.2 Å². The lowest BCUT2D eigenvalue weighted by Crippen LogP contribution is -2.44. The van der Waals surface area contributed by atoms with E-state index in [1.165, 1.54) is 6.08 Å². The first-order valence-electron chi connectivity index (χ1n) is 4.07. The van der Waals surface area contributed by atoms with Gasteiger partial charge in [0.1, 0.15) is 0 Å². The van der Waals surface area contributed by atoms with Crippen LogP contribution in [0.5, 0.6) is 0 Å². The first-order valence-corrected chi connectivity index (χ1v) is 4.87. The van der Waals surface area contributed by atoms with Crippen molar-refractivity contribution in [2.45, 2.75) is 19.1 Å². The van der Waals surface area contributed by atoms with Gasteiger partial charge in [-0.2, -0.15) is 0 Å². The van der Waals surface area contributed by atoms with E-state index < -0.39 is 5.79 Å². The molecule has 4 heteroatoms. The zero-order valence-corrected chi connectivity index (χ0v) is 9.55. The van der Waals surface area contributed by atoms with Crippen molar-refractivity contribution in [2.24, 2.45) is 5.92 Å². The second-order valence-corrected chi connectivity index (χ2v) is 3.99. The van der Waals surface area contributed by atoms with Gasteiger partial charge in [0.2, 0.25) is 5.79 Å². The maximum absolute atomic E-state index is 11.2. The Morgan fingerprint density at radius 1 is 1.54 bits per heavy atom. The third kappa shape index (κ3) is 1.71. The summed E-state index contributed by atoms with van der Waals surface area (Å²) in [5.41, 5.74) is 0. The smallest absolute Gasteiger partial charge is 0.204 e. The van der Waals surface area contributed by atoms with Crippen molar-refractivity contribution >= 4 is 21.7 Å². The van der Waals surface area contributed by atoms with Crippen LogP contribution in [0.4, 0.5) is 0 Å². The summed E-state index contributed by atoms with van der Waals surface area (Å²) in [5.74, 6) is -0.660. The molecule has 74 valence electrons. The van der Waals surface area contributed by atoms with Gasteiger partial charge < -0.3 is 9.47 Å². The quantitative estimate of drug-likeness (QED) is 0.701. The largest absolute Gasteiger partial charge is 0.349 e. The van der Waals surface area contributed by atoms with E-state index in [1.54, 1.807) is 14.2 Å². The van der Waals surface area contributed by atoms with E-state index in [9.17, 15) is 4.79 Å². The summed E-state index contributed by atoms with van der Waals surface area (Å²) in [7, 11) is 3.15. The number of carbonyl (C=O) groups excluding carboxylic acids is 1. The molecule has 0 radical (unpaired) electrons. The predicted octanol–water partition coefficient (Wildman–Crippen LogP) is 1.86. The summed E-state index contributed by atoms with van der Waals surface area (Å²) < 4.78 is 11.3. The normalized spacial score (nSPS) is 27.2. The second kappa shape index (κ2) is 3.90. The van der Waals surface area contributed by atoms with E-state index in [4.69, 9.17) is 9.47 Å². The summed E-state index contributed by atoms with van der Waals surface area (Å²) in [5, 5.41) is 0. The average molecular weight is 249 g/mol. The van der Waals surface area contributed by atoms with E-state index in [1.807, 2.05) is 6.92 Å². The van der Waals surface area contributed by atoms with Crippen molar-refractivity contribution in [3.05, 3.63) is 10.6 Å². The zero-order chi connectivity index (χ0) is 10.1. The molecule has 0 saturated heterocycles. The van der Waals surface area contributed by atoms with Crippen LogP contribution in [0.2, 0.25) is 0 Å². The number of rotatable bonds is 2. The molecular formula is C9H13BrO3. The van der Waals surface area contributed by atoms with Crippen molar-refractivity contribution in [1.29, 1.82) is 0 Å². The van der Waals surface area contributed by atoms with Gasteiger partial charge >= 0.3 is 0 Å². The topological polar surface area (TPSA) is 35.5 Å². The monoisotopic (exact) mass is 248 g/mol. The Labute approximate surface area is 86.2 Å². The molecule has 0 aromatic carbocycles. The fraction of sp³-hybridized carbons (Fsp3) is 0.667. The van der Waals surface area contributed by atoms with Crippen LogP contribution in [0.1, 0.15) is 13.3 Å². The molecule has 1 aliphatic rings. The van der Waals surface area contributed by atoms with E-state index >= 15 is 0 Å². The zero-order valence-electron chi connectivity index (χ0n) is 7.96. The molecule has 1 atom stereocenters. The standard InChI is InChI=1S/C9H13BrO3/c1-6-4-7(11)5-8(10)9(6,12-2)13-3/h5-6H,4H2,1-3H3. The number of hydrogen-bond acceptors (Lipinski definition) is 3. The molecule has 1 aliphatic carbocycles. The van der Waals surface area contributed by atoms with Crippen molar-refractivity contribution in [1.82, 2.24) is 0 Å². The maximum Gasteiger partial charge on any atom is 0.204 e. The summed E-state index contributed by atoms with van der Waals surface area (Å²) in [6.07, 6.45) is 1.98. The molecule has 0 fully saturated rings. The molecule has 0 amide bonds. The van der Waals surface area contributed by atoms with Gasteiger partial charge in [-0.05, 0) is 22.0 Å². The summed E-state index contributed by atoms with van der Waals surface area (Å²) >= 11 is 3.30. The van der Waals surface area contributed by atoms with Gasteiger partial charge in [0.15, 0.2) is 5.78 Å². The number of halogens is 1. The first kappa shape index (κ1) is 10.9. The third-order valence-corrected chi connectivity index (χ3v) is 3.16. The van der Waals surface area contributed by atoms with E-state index in [2.05, 4.69) is 15.9 Å². The SMILES string of the molecule is COC1(OC)C(Br)=CC(=O)CC1C. The molecule has 0 heterocycles. The highest BCUT2D eigenvalue weighted by molar-refractivity contribution is 9.11. The van der Waals surface area contributed by atoms with Gasteiger partial charge in [-0.25, -0.2) is 0 Å². The Morgan fingerprint density at radius 2 is 2.08 bits per heavy atom. The molecule has 1 unspecified atom stereocenters. The van der Waals surface area contributed by atoms with E-state index in [0.29, 0.717) is 10.9 Å². The van der Waals surface area contributed by atoms with Crippen molar-refractivity contribution < 1.29 is 14.3 Å². The molecule has 0 spiro atoms. The number of ketones is 1. The van der Waals surface area contributed by atoms with Crippen LogP contribution in [0, 0.1) is 5.92 Å². The van der Waals surface area contributed by atoms with Gasteiger partial charge in [-0.1, -0.05) is 6.92 Å². The molecule has 0 bridgehead atoms. The number of allylic oxidation sites excluding steroid dienone is 1. The third-order valence-electron chi connectivity index (χ3n) is 2.38. The van der Waals surface area contributed by atoms with Gasteiger partial charge in [-0.3, -0.25) is 4.79 Å². The fourth-order valence-corrected chi connectivity index (χ4v) is 2.62. The van der Waals surface area contributed by atoms with Gasteiger partial charge in [-0.15, -0.1) is 0 Å². The molecule has 3 nitrogen and oxygen atoms in total. The average Bonchev–Trinajstić information content (AvgIpc) is 2.05. The van der Waals surface area contributed by atoms with Crippen LogP contribution in [0.15, 0.2) is 10.6 Å². The number of methoxy groups -OCH3 is 2. The molecular weight excluding hydrogens is 236 g/mol. The number of carbonyl (C=O) groups is 1. The highest BCUT2D eigenvalue weighted by Crippen LogP contribution is 2.39. The lowest BCUT2D eigenvalue weighted by Gasteiger charge is -2.38. The minimum atomic E-state index is -0.784. The summed E-state index contributed by atoms with van der Waals surface area (Å²) in [4.78, 5) is 11.2. The van der Waals surface area contributed by atoms with Crippen LogP contribution in [-0.4, -0.2) is 25.8 Å². The van der Waals surface area contributed by atoms with Gasteiger partial charge in [0.25, 0.3) is 0 Å². The lowest BCUT2D eigenvalue weighted by atomic mass is 9.89. The Kier molecular flexibility index (Phi) is 3.27. The number of ether oxygens (including phenoxy) is 2. The van der Waals surface area contributed by atoms with E-state index in [0.717, 1.165) is 0 Å². The number of hydrogen-bond donors (Lipinski definition) is 0. The summed E-state index contributed by atoms with van der Waals surface area (Å²) in [6, 6.07) is 0. The van der Waals surface area contributed by atoms with Crippen LogP contribution >= 0.6 is 15.9 Å².